The first-order valence-electron chi connectivity index (χ1n) is 4.25. The van der Waals surface area contributed by atoms with Crippen LogP contribution in [0.4, 0.5) is 0 Å². The Labute approximate surface area is 80.7 Å². The molecule has 0 bridgehead atoms. The maximum atomic E-state index is 10.7. The summed E-state index contributed by atoms with van der Waals surface area (Å²) in [6, 6.07) is 3.59. The number of nitro groups is 1. The van der Waals surface area contributed by atoms with Crippen LogP contribution in [0.5, 0.6) is 0 Å². The van der Waals surface area contributed by atoms with Gasteiger partial charge in [0.15, 0.2) is 0 Å². The topological polar surface area (TPSA) is 56.0 Å². The summed E-state index contributed by atoms with van der Waals surface area (Å²) >= 11 is 0. The standard InChI is InChI=1S/C10H8N2O2/c13-12(14)9-6-2-1-4-8-5-3-7-11-10(8)9/h1,3-7H,2H2. The minimum absolute atomic E-state index is 0.0885. The summed E-state index contributed by atoms with van der Waals surface area (Å²) in [4.78, 5) is 14.4. The van der Waals surface area contributed by atoms with E-state index in [0.717, 1.165) is 5.56 Å². The van der Waals surface area contributed by atoms with Crippen molar-refractivity contribution in [3.8, 4) is 0 Å². The highest BCUT2D eigenvalue weighted by Gasteiger charge is 2.19. The molecule has 2 rings (SSSR count). The summed E-state index contributed by atoms with van der Waals surface area (Å²) < 4.78 is 0. The number of nitrogens with zero attached hydrogens (tertiary/aromatic N) is 2. The summed E-state index contributed by atoms with van der Waals surface area (Å²) in [6.07, 6.45) is 7.46. The van der Waals surface area contributed by atoms with Gasteiger partial charge in [-0.15, -0.1) is 0 Å². The van der Waals surface area contributed by atoms with Crippen LogP contribution in [0.2, 0.25) is 0 Å². The van der Waals surface area contributed by atoms with Crippen LogP contribution in [0.25, 0.3) is 11.8 Å². The van der Waals surface area contributed by atoms with E-state index < -0.39 is 4.92 Å². The molecule has 0 N–H and O–H groups in total. The molecule has 0 spiro atoms. The predicted molar refractivity (Wildman–Crippen MR) is 52.9 cm³/mol. The van der Waals surface area contributed by atoms with Gasteiger partial charge in [0.1, 0.15) is 5.69 Å². The molecule has 4 heteroatoms. The highest BCUT2D eigenvalue weighted by molar-refractivity contribution is 5.69. The Morgan fingerprint density at radius 1 is 1.50 bits per heavy atom. The molecule has 1 heterocycles. The Morgan fingerprint density at radius 3 is 3.14 bits per heavy atom. The van der Waals surface area contributed by atoms with E-state index in [9.17, 15) is 10.1 Å². The Bertz CT molecular complexity index is 436. The van der Waals surface area contributed by atoms with Gasteiger partial charge in [0, 0.05) is 11.8 Å². The van der Waals surface area contributed by atoms with E-state index in [1.165, 1.54) is 0 Å². The summed E-state index contributed by atoms with van der Waals surface area (Å²) in [6.45, 7) is 0. The molecule has 0 aliphatic heterocycles. The third-order valence-corrected chi connectivity index (χ3v) is 2.02. The molecule has 0 radical (unpaired) electrons. The van der Waals surface area contributed by atoms with Crippen molar-refractivity contribution in [3.63, 3.8) is 0 Å². The van der Waals surface area contributed by atoms with Gasteiger partial charge in [-0.1, -0.05) is 18.2 Å². The van der Waals surface area contributed by atoms with Crippen molar-refractivity contribution in [3.05, 3.63) is 51.9 Å². The van der Waals surface area contributed by atoms with Gasteiger partial charge in [-0.25, -0.2) is 4.98 Å². The zero-order valence-corrected chi connectivity index (χ0v) is 7.38. The normalized spacial score (nSPS) is 14.1. The molecule has 0 saturated carbocycles. The van der Waals surface area contributed by atoms with Gasteiger partial charge < -0.3 is 0 Å². The van der Waals surface area contributed by atoms with E-state index in [1.54, 1.807) is 18.3 Å². The van der Waals surface area contributed by atoms with Gasteiger partial charge in [-0.2, -0.15) is 0 Å². The smallest absolute Gasteiger partial charge is 0.258 e. The van der Waals surface area contributed by atoms with E-state index in [-0.39, 0.29) is 5.70 Å². The number of fused-ring (bicyclic) bond motifs is 1. The average Bonchev–Trinajstić information content (AvgIpc) is 2.39. The maximum absolute atomic E-state index is 10.7. The first-order chi connectivity index (χ1) is 6.79. The van der Waals surface area contributed by atoms with Crippen LogP contribution in [0, 0.1) is 10.1 Å². The van der Waals surface area contributed by atoms with Gasteiger partial charge in [0.2, 0.25) is 0 Å². The highest BCUT2D eigenvalue weighted by Crippen LogP contribution is 2.22. The van der Waals surface area contributed by atoms with Crippen molar-refractivity contribution in [1.29, 1.82) is 0 Å². The third kappa shape index (κ3) is 1.42. The lowest BCUT2D eigenvalue weighted by Gasteiger charge is -1.99. The third-order valence-electron chi connectivity index (χ3n) is 2.02. The van der Waals surface area contributed by atoms with Crippen LogP contribution in [0.3, 0.4) is 0 Å². The fourth-order valence-electron chi connectivity index (χ4n) is 1.40. The molecular formula is C10H8N2O2. The maximum Gasteiger partial charge on any atom is 0.291 e. The van der Waals surface area contributed by atoms with Gasteiger partial charge >= 0.3 is 0 Å². The van der Waals surface area contributed by atoms with Crippen molar-refractivity contribution in [2.45, 2.75) is 6.42 Å². The van der Waals surface area contributed by atoms with Crippen LogP contribution in [0.1, 0.15) is 17.7 Å². The molecular weight excluding hydrogens is 180 g/mol. The zero-order chi connectivity index (χ0) is 9.97. The SMILES string of the molecule is O=[N+]([O-])C1=CCC=Cc2cccnc21. The van der Waals surface area contributed by atoms with Crippen LogP contribution in [-0.2, 0) is 0 Å². The number of pyridine rings is 1. The monoisotopic (exact) mass is 188 g/mol. The van der Waals surface area contributed by atoms with Crippen molar-refractivity contribution < 1.29 is 4.92 Å². The number of hydrogen-bond donors (Lipinski definition) is 0. The van der Waals surface area contributed by atoms with E-state index in [2.05, 4.69) is 4.98 Å². The number of hydrogen-bond acceptors (Lipinski definition) is 3. The van der Waals surface area contributed by atoms with Crippen LogP contribution in [-0.4, -0.2) is 9.91 Å². The quantitative estimate of drug-likeness (QED) is 0.501. The molecule has 0 saturated heterocycles. The lowest BCUT2D eigenvalue weighted by atomic mass is 10.1. The van der Waals surface area contributed by atoms with E-state index in [4.69, 9.17) is 0 Å². The minimum atomic E-state index is -0.390. The van der Waals surface area contributed by atoms with Crippen LogP contribution in [0.15, 0.2) is 30.5 Å². The van der Waals surface area contributed by atoms with E-state index in [0.29, 0.717) is 12.1 Å². The zero-order valence-electron chi connectivity index (χ0n) is 7.38. The van der Waals surface area contributed by atoms with Crippen LogP contribution >= 0.6 is 0 Å². The summed E-state index contributed by atoms with van der Waals surface area (Å²) in [5.74, 6) is 0. The average molecular weight is 188 g/mol. The molecule has 1 aliphatic rings. The van der Waals surface area contributed by atoms with Crippen molar-refractivity contribution in [2.24, 2.45) is 0 Å². The Balaban J connectivity index is 2.60. The molecule has 0 aromatic carbocycles. The number of aromatic nitrogens is 1. The molecule has 0 unspecified atom stereocenters. The fourth-order valence-corrected chi connectivity index (χ4v) is 1.40. The highest BCUT2D eigenvalue weighted by atomic mass is 16.6. The Morgan fingerprint density at radius 2 is 2.36 bits per heavy atom. The fraction of sp³-hybridized carbons (Fsp3) is 0.100. The molecule has 70 valence electrons. The molecule has 1 aliphatic carbocycles. The van der Waals surface area contributed by atoms with E-state index >= 15 is 0 Å². The Kier molecular flexibility index (Phi) is 2.10. The minimum Gasteiger partial charge on any atom is -0.258 e. The summed E-state index contributed by atoms with van der Waals surface area (Å²) in [5.41, 5.74) is 1.34. The molecule has 0 atom stereocenters. The van der Waals surface area contributed by atoms with Gasteiger partial charge in [0.05, 0.1) is 4.92 Å². The summed E-state index contributed by atoms with van der Waals surface area (Å²) in [5, 5.41) is 10.7. The number of rotatable bonds is 1. The van der Waals surface area contributed by atoms with E-state index in [1.807, 2.05) is 18.2 Å². The predicted octanol–water partition coefficient (Wildman–Crippen LogP) is 2.12. The van der Waals surface area contributed by atoms with Gasteiger partial charge in [-0.3, -0.25) is 10.1 Å². The second kappa shape index (κ2) is 3.41. The van der Waals surface area contributed by atoms with Crippen molar-refractivity contribution >= 4 is 11.8 Å². The molecule has 1 aromatic heterocycles. The second-order valence-electron chi connectivity index (χ2n) is 2.93. The second-order valence-corrected chi connectivity index (χ2v) is 2.93. The Hall–Kier alpha value is -1.97. The van der Waals surface area contributed by atoms with Gasteiger partial charge in [-0.05, 0) is 18.6 Å². The van der Waals surface area contributed by atoms with Crippen molar-refractivity contribution in [1.82, 2.24) is 4.98 Å². The molecule has 0 amide bonds. The lowest BCUT2D eigenvalue weighted by molar-refractivity contribution is -0.376. The first kappa shape index (κ1) is 8.62. The van der Waals surface area contributed by atoms with Crippen LogP contribution < -0.4 is 0 Å². The number of allylic oxidation sites excluding steroid dienone is 2. The molecule has 1 aromatic rings. The van der Waals surface area contributed by atoms with Crippen molar-refractivity contribution in [2.75, 3.05) is 0 Å². The molecule has 4 nitrogen and oxygen atoms in total. The molecule has 0 fully saturated rings. The summed E-state index contributed by atoms with van der Waals surface area (Å²) in [7, 11) is 0. The van der Waals surface area contributed by atoms with Gasteiger partial charge in [0.25, 0.3) is 5.70 Å². The lowest BCUT2D eigenvalue weighted by Crippen LogP contribution is -2.01. The molecule has 14 heavy (non-hydrogen) atoms. The first-order valence-corrected chi connectivity index (χ1v) is 4.25. The largest absolute Gasteiger partial charge is 0.291 e.